The van der Waals surface area contributed by atoms with Gasteiger partial charge < -0.3 is 5.32 Å². The first-order chi connectivity index (χ1) is 5.86. The summed E-state index contributed by atoms with van der Waals surface area (Å²) in [4.78, 5) is 0. The highest BCUT2D eigenvalue weighted by Crippen LogP contribution is 2.29. The zero-order valence-electron chi connectivity index (χ0n) is 6.89. The zero-order chi connectivity index (χ0) is 8.39. The van der Waals surface area contributed by atoms with Crippen molar-refractivity contribution in [3.8, 4) is 0 Å². The molecule has 1 saturated carbocycles. The maximum Gasteiger partial charge on any atom is 0.0475 e. The fraction of sp³-hybridized carbons (Fsp3) is 0.400. The number of benzene rings is 1. The number of para-hydroxylation sites is 1. The molecular formula is C10H12IN. The summed E-state index contributed by atoms with van der Waals surface area (Å²) in [5, 5.41) is 3.47. The first-order valence-corrected chi connectivity index (χ1v) is 5.42. The largest absolute Gasteiger partial charge is 0.384 e. The van der Waals surface area contributed by atoms with Gasteiger partial charge in [-0.25, -0.2) is 0 Å². The molecule has 1 N–H and O–H groups in total. The van der Waals surface area contributed by atoms with Crippen molar-refractivity contribution in [2.75, 3.05) is 11.9 Å². The number of nitrogens with one attached hydrogen (secondary N) is 1. The molecule has 1 fully saturated rings. The van der Waals surface area contributed by atoms with Gasteiger partial charge in [-0.15, -0.1) is 0 Å². The van der Waals surface area contributed by atoms with Crippen molar-refractivity contribution in [3.63, 3.8) is 0 Å². The number of rotatable bonds is 3. The predicted molar refractivity (Wildman–Crippen MR) is 60.4 cm³/mol. The average molecular weight is 273 g/mol. The molecule has 0 spiro atoms. The topological polar surface area (TPSA) is 12.0 Å². The molecule has 64 valence electrons. The normalized spacial score (nSPS) is 16.1. The van der Waals surface area contributed by atoms with Crippen LogP contribution >= 0.6 is 22.6 Å². The van der Waals surface area contributed by atoms with E-state index in [4.69, 9.17) is 0 Å². The lowest BCUT2D eigenvalue weighted by atomic mass is 10.3. The molecule has 0 bridgehead atoms. The lowest BCUT2D eigenvalue weighted by molar-refractivity contribution is 0.888. The molecule has 0 unspecified atom stereocenters. The summed E-state index contributed by atoms with van der Waals surface area (Å²) in [5.74, 6) is 0.945. The maximum atomic E-state index is 3.47. The third kappa shape index (κ3) is 2.12. The quantitative estimate of drug-likeness (QED) is 0.834. The van der Waals surface area contributed by atoms with Crippen molar-refractivity contribution < 1.29 is 0 Å². The molecule has 0 aromatic heterocycles. The van der Waals surface area contributed by atoms with Gasteiger partial charge in [0, 0.05) is 15.8 Å². The molecule has 1 aliphatic rings. The van der Waals surface area contributed by atoms with Crippen LogP contribution in [0.1, 0.15) is 12.8 Å². The first kappa shape index (κ1) is 8.35. The van der Waals surface area contributed by atoms with Gasteiger partial charge in [0.25, 0.3) is 0 Å². The molecular weight excluding hydrogens is 261 g/mol. The van der Waals surface area contributed by atoms with E-state index in [0.29, 0.717) is 0 Å². The van der Waals surface area contributed by atoms with Gasteiger partial charge in [-0.1, -0.05) is 12.1 Å². The van der Waals surface area contributed by atoms with Crippen LogP contribution in [0.5, 0.6) is 0 Å². The maximum absolute atomic E-state index is 3.47. The minimum absolute atomic E-state index is 0.945. The minimum atomic E-state index is 0.945. The van der Waals surface area contributed by atoms with Crippen LogP contribution in [0.25, 0.3) is 0 Å². The molecule has 1 aliphatic carbocycles. The summed E-state index contributed by atoms with van der Waals surface area (Å²) in [6.07, 6.45) is 2.83. The average Bonchev–Trinajstić information content (AvgIpc) is 2.86. The van der Waals surface area contributed by atoms with E-state index in [0.717, 1.165) is 12.5 Å². The Kier molecular flexibility index (Phi) is 2.54. The highest BCUT2D eigenvalue weighted by Gasteiger charge is 2.20. The highest BCUT2D eigenvalue weighted by atomic mass is 127. The second kappa shape index (κ2) is 3.64. The fourth-order valence-corrected chi connectivity index (χ4v) is 1.76. The fourth-order valence-electron chi connectivity index (χ4n) is 1.18. The number of hydrogen-bond acceptors (Lipinski definition) is 1. The van der Waals surface area contributed by atoms with Crippen LogP contribution in [0.15, 0.2) is 24.3 Å². The number of anilines is 1. The van der Waals surface area contributed by atoms with Gasteiger partial charge in [0.1, 0.15) is 0 Å². The summed E-state index contributed by atoms with van der Waals surface area (Å²) in [6, 6.07) is 8.43. The molecule has 0 aliphatic heterocycles. The standard InChI is InChI=1S/C10H12IN/c11-9-3-1-2-4-10(9)12-7-8-5-6-8/h1-4,8,12H,5-7H2. The molecule has 0 heterocycles. The molecule has 0 radical (unpaired) electrons. The molecule has 0 amide bonds. The summed E-state index contributed by atoms with van der Waals surface area (Å²) in [7, 11) is 0. The van der Waals surface area contributed by atoms with Gasteiger partial charge in [-0.3, -0.25) is 0 Å². The predicted octanol–water partition coefficient (Wildman–Crippen LogP) is 3.11. The van der Waals surface area contributed by atoms with Crippen LogP contribution in [-0.4, -0.2) is 6.54 Å². The monoisotopic (exact) mass is 273 g/mol. The Hall–Kier alpha value is -0.250. The Morgan fingerprint density at radius 2 is 2.08 bits per heavy atom. The van der Waals surface area contributed by atoms with E-state index in [1.165, 1.54) is 22.1 Å². The van der Waals surface area contributed by atoms with Crippen LogP contribution in [-0.2, 0) is 0 Å². The van der Waals surface area contributed by atoms with Crippen LogP contribution in [0.4, 0.5) is 5.69 Å². The molecule has 2 heteroatoms. The van der Waals surface area contributed by atoms with Crippen molar-refractivity contribution in [2.45, 2.75) is 12.8 Å². The third-order valence-corrected chi connectivity index (χ3v) is 3.09. The zero-order valence-corrected chi connectivity index (χ0v) is 9.04. The second-order valence-electron chi connectivity index (χ2n) is 3.30. The molecule has 1 aromatic rings. The molecule has 2 rings (SSSR count). The van der Waals surface area contributed by atoms with Crippen molar-refractivity contribution in [2.24, 2.45) is 5.92 Å². The van der Waals surface area contributed by atoms with Crippen molar-refractivity contribution in [1.29, 1.82) is 0 Å². The minimum Gasteiger partial charge on any atom is -0.384 e. The van der Waals surface area contributed by atoms with Gasteiger partial charge >= 0.3 is 0 Å². The summed E-state index contributed by atoms with van der Waals surface area (Å²) < 4.78 is 1.32. The van der Waals surface area contributed by atoms with E-state index in [1.54, 1.807) is 0 Å². The van der Waals surface area contributed by atoms with Gasteiger partial charge in [0.2, 0.25) is 0 Å². The summed E-state index contributed by atoms with van der Waals surface area (Å²) >= 11 is 2.37. The van der Waals surface area contributed by atoms with Crippen molar-refractivity contribution in [1.82, 2.24) is 0 Å². The Balaban J connectivity index is 1.96. The Bertz CT molecular complexity index is 268. The van der Waals surface area contributed by atoms with Crippen molar-refractivity contribution in [3.05, 3.63) is 27.8 Å². The second-order valence-corrected chi connectivity index (χ2v) is 4.47. The number of hydrogen-bond donors (Lipinski definition) is 1. The molecule has 1 aromatic carbocycles. The Labute approximate surface area is 86.7 Å². The molecule has 0 saturated heterocycles. The summed E-state index contributed by atoms with van der Waals surface area (Å²) in [6.45, 7) is 1.15. The molecule has 12 heavy (non-hydrogen) atoms. The lowest BCUT2D eigenvalue weighted by Crippen LogP contribution is -2.03. The number of halogens is 1. The molecule has 1 nitrogen and oxygen atoms in total. The lowest BCUT2D eigenvalue weighted by Gasteiger charge is -2.06. The van der Waals surface area contributed by atoms with Gasteiger partial charge in [-0.2, -0.15) is 0 Å². The van der Waals surface area contributed by atoms with Crippen LogP contribution in [0, 0.1) is 9.49 Å². The van der Waals surface area contributed by atoms with E-state index < -0.39 is 0 Å². The van der Waals surface area contributed by atoms with E-state index in [2.05, 4.69) is 52.2 Å². The van der Waals surface area contributed by atoms with Gasteiger partial charge in [0.15, 0.2) is 0 Å². The third-order valence-electron chi connectivity index (χ3n) is 2.15. The van der Waals surface area contributed by atoms with E-state index >= 15 is 0 Å². The van der Waals surface area contributed by atoms with E-state index in [-0.39, 0.29) is 0 Å². The molecule has 0 atom stereocenters. The van der Waals surface area contributed by atoms with E-state index in [1.807, 2.05) is 0 Å². The van der Waals surface area contributed by atoms with Crippen molar-refractivity contribution >= 4 is 28.3 Å². The smallest absolute Gasteiger partial charge is 0.0475 e. The van der Waals surface area contributed by atoms with Crippen LogP contribution in [0.2, 0.25) is 0 Å². The first-order valence-electron chi connectivity index (χ1n) is 4.34. The van der Waals surface area contributed by atoms with E-state index in [9.17, 15) is 0 Å². The van der Waals surface area contributed by atoms with Crippen LogP contribution < -0.4 is 5.32 Å². The van der Waals surface area contributed by atoms with Gasteiger partial charge in [0.05, 0.1) is 0 Å². The van der Waals surface area contributed by atoms with Crippen LogP contribution in [0.3, 0.4) is 0 Å². The SMILES string of the molecule is Ic1ccccc1NCC1CC1. The summed E-state index contributed by atoms with van der Waals surface area (Å²) in [5.41, 5.74) is 1.28. The van der Waals surface area contributed by atoms with Gasteiger partial charge in [-0.05, 0) is 53.5 Å². The Morgan fingerprint density at radius 3 is 2.75 bits per heavy atom. The Morgan fingerprint density at radius 1 is 1.33 bits per heavy atom. The highest BCUT2D eigenvalue weighted by molar-refractivity contribution is 14.1.